The van der Waals surface area contributed by atoms with E-state index in [0.29, 0.717) is 5.92 Å². The van der Waals surface area contributed by atoms with E-state index < -0.39 is 0 Å². The SMILES string of the molecule is OCC1CN(c2ncccn2)CC12CCN(Cc1ccncc1)CC2. The monoisotopic (exact) mass is 339 g/mol. The second kappa shape index (κ2) is 7.06. The fourth-order valence-corrected chi connectivity index (χ4v) is 4.36. The average molecular weight is 339 g/mol. The molecule has 2 aromatic rings. The number of hydrogen-bond donors (Lipinski definition) is 1. The Kier molecular flexibility index (Phi) is 4.63. The molecule has 2 saturated heterocycles. The molecule has 2 aromatic heterocycles. The van der Waals surface area contributed by atoms with Crippen molar-refractivity contribution in [3.8, 4) is 0 Å². The van der Waals surface area contributed by atoms with Gasteiger partial charge in [-0.3, -0.25) is 9.88 Å². The largest absolute Gasteiger partial charge is 0.396 e. The minimum Gasteiger partial charge on any atom is -0.396 e. The quantitative estimate of drug-likeness (QED) is 0.912. The first-order valence-electron chi connectivity index (χ1n) is 9.03. The number of pyridine rings is 1. The molecule has 4 heterocycles. The summed E-state index contributed by atoms with van der Waals surface area (Å²) in [5.41, 5.74) is 1.50. The molecule has 0 radical (unpaired) electrons. The highest BCUT2D eigenvalue weighted by atomic mass is 16.3. The normalized spacial score (nSPS) is 23.2. The first-order valence-corrected chi connectivity index (χ1v) is 9.03. The molecule has 0 saturated carbocycles. The van der Waals surface area contributed by atoms with Crippen molar-refractivity contribution >= 4 is 5.95 Å². The summed E-state index contributed by atoms with van der Waals surface area (Å²) in [6, 6.07) is 6.02. The van der Waals surface area contributed by atoms with Gasteiger partial charge in [-0.2, -0.15) is 0 Å². The van der Waals surface area contributed by atoms with Crippen LogP contribution in [-0.4, -0.2) is 57.7 Å². The van der Waals surface area contributed by atoms with Crippen molar-refractivity contribution in [2.75, 3.05) is 37.7 Å². The molecule has 0 amide bonds. The van der Waals surface area contributed by atoms with E-state index >= 15 is 0 Å². The van der Waals surface area contributed by atoms with Crippen LogP contribution in [0.15, 0.2) is 43.0 Å². The highest BCUT2D eigenvalue weighted by Crippen LogP contribution is 2.45. The Morgan fingerprint density at radius 2 is 1.80 bits per heavy atom. The van der Waals surface area contributed by atoms with E-state index in [1.165, 1.54) is 5.56 Å². The summed E-state index contributed by atoms with van der Waals surface area (Å²) in [5, 5.41) is 9.96. The number of aliphatic hydroxyl groups is 1. The fourth-order valence-electron chi connectivity index (χ4n) is 4.36. The molecule has 6 nitrogen and oxygen atoms in total. The van der Waals surface area contributed by atoms with Gasteiger partial charge in [0.05, 0.1) is 0 Å². The van der Waals surface area contributed by atoms with Gasteiger partial charge in [0.2, 0.25) is 5.95 Å². The highest BCUT2D eigenvalue weighted by molar-refractivity contribution is 5.33. The zero-order valence-corrected chi connectivity index (χ0v) is 14.5. The molecule has 0 bridgehead atoms. The number of nitrogens with zero attached hydrogens (tertiary/aromatic N) is 5. The average Bonchev–Trinajstić information content (AvgIpc) is 3.04. The van der Waals surface area contributed by atoms with E-state index in [2.05, 4.69) is 36.9 Å². The lowest BCUT2D eigenvalue weighted by atomic mass is 9.71. The summed E-state index contributed by atoms with van der Waals surface area (Å²) in [5.74, 6) is 1.09. The molecule has 1 unspecified atom stereocenters. The van der Waals surface area contributed by atoms with Crippen LogP contribution in [0.4, 0.5) is 5.95 Å². The van der Waals surface area contributed by atoms with Gasteiger partial charge in [0.1, 0.15) is 0 Å². The number of piperidine rings is 1. The topological polar surface area (TPSA) is 65.4 Å². The van der Waals surface area contributed by atoms with Gasteiger partial charge in [-0.25, -0.2) is 9.97 Å². The maximum absolute atomic E-state index is 9.96. The van der Waals surface area contributed by atoms with Crippen molar-refractivity contribution in [3.63, 3.8) is 0 Å². The highest BCUT2D eigenvalue weighted by Gasteiger charge is 2.48. The predicted octanol–water partition coefficient (Wildman–Crippen LogP) is 1.58. The Bertz CT molecular complexity index is 673. The van der Waals surface area contributed by atoms with E-state index in [1.54, 1.807) is 12.4 Å². The Morgan fingerprint density at radius 1 is 1.08 bits per heavy atom. The fraction of sp³-hybridized carbons (Fsp3) is 0.526. The Labute approximate surface area is 148 Å². The Hall–Kier alpha value is -2.05. The van der Waals surface area contributed by atoms with Crippen molar-refractivity contribution < 1.29 is 5.11 Å². The van der Waals surface area contributed by atoms with E-state index in [9.17, 15) is 5.11 Å². The van der Waals surface area contributed by atoms with Gasteiger partial charge < -0.3 is 10.0 Å². The predicted molar refractivity (Wildman–Crippen MR) is 96.0 cm³/mol. The zero-order chi connectivity index (χ0) is 17.1. The number of anilines is 1. The van der Waals surface area contributed by atoms with E-state index in [0.717, 1.165) is 51.5 Å². The number of aliphatic hydroxyl groups excluding tert-OH is 1. The molecular weight excluding hydrogens is 314 g/mol. The van der Waals surface area contributed by atoms with Crippen molar-refractivity contribution in [1.29, 1.82) is 0 Å². The first kappa shape index (κ1) is 16.4. The van der Waals surface area contributed by atoms with Crippen molar-refractivity contribution in [1.82, 2.24) is 19.9 Å². The molecule has 4 rings (SSSR count). The molecular formula is C19H25N5O. The van der Waals surface area contributed by atoms with Crippen molar-refractivity contribution in [3.05, 3.63) is 48.5 Å². The van der Waals surface area contributed by atoms with Gasteiger partial charge in [-0.15, -0.1) is 0 Å². The van der Waals surface area contributed by atoms with E-state index in [1.807, 2.05) is 18.5 Å². The molecule has 2 fully saturated rings. The van der Waals surface area contributed by atoms with Crippen LogP contribution < -0.4 is 4.90 Å². The molecule has 0 aromatic carbocycles. The van der Waals surface area contributed by atoms with Crippen LogP contribution in [0.25, 0.3) is 0 Å². The summed E-state index contributed by atoms with van der Waals surface area (Å²) < 4.78 is 0. The van der Waals surface area contributed by atoms with Crippen LogP contribution >= 0.6 is 0 Å². The summed E-state index contributed by atoms with van der Waals surface area (Å²) >= 11 is 0. The third-order valence-corrected chi connectivity index (χ3v) is 5.88. The maximum atomic E-state index is 9.96. The number of rotatable bonds is 4. The van der Waals surface area contributed by atoms with Crippen LogP contribution in [0, 0.1) is 11.3 Å². The first-order chi connectivity index (χ1) is 12.3. The summed E-state index contributed by atoms with van der Waals surface area (Å²) in [7, 11) is 0. The van der Waals surface area contributed by atoms with Crippen LogP contribution in [0.1, 0.15) is 18.4 Å². The molecule has 1 atom stereocenters. The van der Waals surface area contributed by atoms with Gasteiger partial charge in [0, 0.05) is 56.9 Å². The molecule has 6 heteroatoms. The Balaban J connectivity index is 1.42. The van der Waals surface area contributed by atoms with E-state index in [4.69, 9.17) is 0 Å². The number of aromatic nitrogens is 3. The molecule has 0 aliphatic carbocycles. The third-order valence-electron chi connectivity index (χ3n) is 5.88. The molecule has 132 valence electrons. The molecule has 25 heavy (non-hydrogen) atoms. The van der Waals surface area contributed by atoms with Crippen molar-refractivity contribution in [2.45, 2.75) is 19.4 Å². The standard InChI is InChI=1S/C19H25N5O/c25-14-17-13-24(18-21-6-1-7-22-18)15-19(17)4-10-23(11-5-19)12-16-2-8-20-9-3-16/h1-3,6-9,17,25H,4-5,10-15H2. The lowest BCUT2D eigenvalue weighted by Crippen LogP contribution is -2.44. The molecule has 2 aliphatic rings. The van der Waals surface area contributed by atoms with Crippen molar-refractivity contribution in [2.24, 2.45) is 11.3 Å². The van der Waals surface area contributed by atoms with Gasteiger partial charge >= 0.3 is 0 Å². The van der Waals surface area contributed by atoms with Crippen LogP contribution in [-0.2, 0) is 6.54 Å². The molecule has 2 aliphatic heterocycles. The lowest BCUT2D eigenvalue weighted by Gasteiger charge is -2.42. The minimum atomic E-state index is 0.183. The minimum absolute atomic E-state index is 0.183. The number of hydrogen-bond acceptors (Lipinski definition) is 6. The lowest BCUT2D eigenvalue weighted by molar-refractivity contribution is 0.0506. The number of likely N-dealkylation sites (tertiary alicyclic amines) is 1. The molecule has 1 spiro atoms. The summed E-state index contributed by atoms with van der Waals surface area (Å²) in [6.07, 6.45) is 9.53. The smallest absolute Gasteiger partial charge is 0.225 e. The zero-order valence-electron chi connectivity index (χ0n) is 14.5. The van der Waals surface area contributed by atoms with Gasteiger partial charge in [-0.1, -0.05) is 0 Å². The second-order valence-electron chi connectivity index (χ2n) is 7.30. The van der Waals surface area contributed by atoms with Crippen LogP contribution in [0.2, 0.25) is 0 Å². The maximum Gasteiger partial charge on any atom is 0.225 e. The Morgan fingerprint density at radius 3 is 2.48 bits per heavy atom. The van der Waals surface area contributed by atoms with Crippen LogP contribution in [0.5, 0.6) is 0 Å². The summed E-state index contributed by atoms with van der Waals surface area (Å²) in [6.45, 7) is 5.17. The third kappa shape index (κ3) is 3.37. The second-order valence-corrected chi connectivity index (χ2v) is 7.30. The van der Waals surface area contributed by atoms with Gasteiger partial charge in [0.15, 0.2) is 0 Å². The van der Waals surface area contributed by atoms with E-state index in [-0.39, 0.29) is 12.0 Å². The van der Waals surface area contributed by atoms with Gasteiger partial charge in [-0.05, 0) is 55.1 Å². The van der Waals surface area contributed by atoms with Crippen LogP contribution in [0.3, 0.4) is 0 Å². The van der Waals surface area contributed by atoms with Gasteiger partial charge in [0.25, 0.3) is 0 Å². The summed E-state index contributed by atoms with van der Waals surface area (Å²) in [4.78, 5) is 17.6. The molecule has 1 N–H and O–H groups in total.